The molecule has 0 fully saturated rings. The Morgan fingerprint density at radius 3 is 2.90 bits per heavy atom. The molecule has 1 aromatic heterocycles. The van der Waals surface area contributed by atoms with E-state index in [1.54, 1.807) is 11.8 Å². The molecule has 4 nitrogen and oxygen atoms in total. The fraction of sp³-hybridized carbons (Fsp3) is 0.333. The van der Waals surface area contributed by atoms with Crippen molar-refractivity contribution in [3.8, 4) is 6.07 Å². The molecule has 0 radical (unpaired) electrons. The van der Waals surface area contributed by atoms with Gasteiger partial charge < -0.3 is 10.6 Å². The number of anilines is 1. The summed E-state index contributed by atoms with van der Waals surface area (Å²) in [5.41, 5.74) is 6.66. The summed E-state index contributed by atoms with van der Waals surface area (Å²) in [5, 5.41) is 9.81. The van der Waals surface area contributed by atoms with Crippen LogP contribution in [0.15, 0.2) is 22.7 Å². The molecule has 0 aliphatic rings. The van der Waals surface area contributed by atoms with Crippen molar-refractivity contribution in [1.82, 2.24) is 4.90 Å². The van der Waals surface area contributed by atoms with Crippen molar-refractivity contribution in [3.63, 3.8) is 0 Å². The van der Waals surface area contributed by atoms with Gasteiger partial charge >= 0.3 is 0 Å². The highest BCUT2D eigenvalue weighted by molar-refractivity contribution is 9.10. The molecular formula is C15H16BrN3OS. The van der Waals surface area contributed by atoms with Crippen molar-refractivity contribution in [2.45, 2.75) is 13.8 Å². The molecule has 6 heteroatoms. The van der Waals surface area contributed by atoms with E-state index < -0.39 is 0 Å². The third-order valence-corrected chi connectivity index (χ3v) is 4.93. The number of thiophene rings is 1. The zero-order valence-corrected chi connectivity index (χ0v) is 14.3. The number of hydrogen-bond acceptors (Lipinski definition) is 4. The minimum absolute atomic E-state index is 0.102. The topological polar surface area (TPSA) is 70.1 Å². The zero-order valence-electron chi connectivity index (χ0n) is 11.9. The zero-order chi connectivity index (χ0) is 15.6. The number of benzene rings is 1. The molecule has 0 spiro atoms. The predicted octanol–water partition coefficient (Wildman–Crippen LogP) is 3.87. The SMILES string of the molecule is CCN(CC(C)C#N)C(=O)c1sc2ccc(Br)cc2c1N. The van der Waals surface area contributed by atoms with Crippen molar-refractivity contribution < 1.29 is 4.79 Å². The van der Waals surface area contributed by atoms with Gasteiger partial charge in [-0.05, 0) is 32.0 Å². The number of hydrogen-bond donors (Lipinski definition) is 1. The van der Waals surface area contributed by atoms with E-state index in [0.717, 1.165) is 14.6 Å². The highest BCUT2D eigenvalue weighted by atomic mass is 79.9. The Morgan fingerprint density at radius 1 is 1.57 bits per heavy atom. The molecule has 1 atom stereocenters. The van der Waals surface area contributed by atoms with Crippen LogP contribution >= 0.6 is 27.3 Å². The molecule has 0 saturated carbocycles. The van der Waals surface area contributed by atoms with Crippen LogP contribution in [0.1, 0.15) is 23.5 Å². The molecule has 0 aliphatic carbocycles. The van der Waals surface area contributed by atoms with Crippen LogP contribution in [-0.4, -0.2) is 23.9 Å². The Kier molecular flexibility index (Phi) is 4.86. The summed E-state index contributed by atoms with van der Waals surface area (Å²) >= 11 is 4.81. The average molecular weight is 366 g/mol. The molecule has 1 aromatic carbocycles. The fourth-order valence-corrected chi connectivity index (χ4v) is 3.55. The first kappa shape index (κ1) is 15.8. The summed E-state index contributed by atoms with van der Waals surface area (Å²) in [5.74, 6) is -0.298. The van der Waals surface area contributed by atoms with E-state index in [4.69, 9.17) is 11.0 Å². The monoisotopic (exact) mass is 365 g/mol. The van der Waals surface area contributed by atoms with Crippen LogP contribution in [0.25, 0.3) is 10.1 Å². The maximum Gasteiger partial charge on any atom is 0.266 e. The minimum Gasteiger partial charge on any atom is -0.397 e. The lowest BCUT2D eigenvalue weighted by molar-refractivity contribution is 0.0758. The average Bonchev–Trinajstić information content (AvgIpc) is 2.80. The minimum atomic E-state index is -0.196. The molecule has 2 N–H and O–H groups in total. The molecule has 110 valence electrons. The van der Waals surface area contributed by atoms with E-state index in [9.17, 15) is 4.79 Å². The van der Waals surface area contributed by atoms with Gasteiger partial charge in [-0.1, -0.05) is 15.9 Å². The first-order valence-corrected chi connectivity index (χ1v) is 8.25. The molecule has 1 heterocycles. The third-order valence-electron chi connectivity index (χ3n) is 3.27. The lowest BCUT2D eigenvalue weighted by Gasteiger charge is -2.21. The fourth-order valence-electron chi connectivity index (χ4n) is 2.12. The van der Waals surface area contributed by atoms with Crippen LogP contribution in [0.5, 0.6) is 0 Å². The van der Waals surface area contributed by atoms with E-state index >= 15 is 0 Å². The number of nitriles is 1. The Morgan fingerprint density at radius 2 is 2.29 bits per heavy atom. The first-order chi connectivity index (χ1) is 9.97. The summed E-state index contributed by atoms with van der Waals surface area (Å²) in [7, 11) is 0. The smallest absolute Gasteiger partial charge is 0.266 e. The molecule has 1 unspecified atom stereocenters. The number of carbonyl (C=O) groups is 1. The molecule has 0 aliphatic heterocycles. The summed E-state index contributed by atoms with van der Waals surface area (Å²) in [4.78, 5) is 14.9. The highest BCUT2D eigenvalue weighted by Gasteiger charge is 2.22. The van der Waals surface area contributed by atoms with Gasteiger partial charge in [0.25, 0.3) is 5.91 Å². The van der Waals surface area contributed by atoms with Crippen molar-refractivity contribution in [2.24, 2.45) is 5.92 Å². The highest BCUT2D eigenvalue weighted by Crippen LogP contribution is 2.36. The van der Waals surface area contributed by atoms with Crippen molar-refractivity contribution in [1.29, 1.82) is 5.26 Å². The van der Waals surface area contributed by atoms with Gasteiger partial charge in [-0.25, -0.2) is 0 Å². The van der Waals surface area contributed by atoms with Gasteiger partial charge in [0.15, 0.2) is 0 Å². The third kappa shape index (κ3) is 3.20. The van der Waals surface area contributed by atoms with Crippen molar-refractivity contribution in [2.75, 3.05) is 18.8 Å². The quantitative estimate of drug-likeness (QED) is 0.893. The standard InChI is InChI=1S/C15H16BrN3OS/c1-3-19(8-9(2)7-17)15(20)14-13(18)11-6-10(16)4-5-12(11)21-14/h4-6,9H,3,8,18H2,1-2H3. The van der Waals surface area contributed by atoms with Crippen molar-refractivity contribution in [3.05, 3.63) is 27.5 Å². The molecule has 1 amide bonds. The van der Waals surface area contributed by atoms with E-state index in [2.05, 4.69) is 22.0 Å². The number of rotatable bonds is 4. The van der Waals surface area contributed by atoms with Crippen molar-refractivity contribution >= 4 is 48.9 Å². The summed E-state index contributed by atoms with van der Waals surface area (Å²) in [6.07, 6.45) is 0. The maximum atomic E-state index is 12.6. The number of halogens is 1. The molecule has 2 aromatic rings. The predicted molar refractivity (Wildman–Crippen MR) is 90.3 cm³/mol. The van der Waals surface area contributed by atoms with Crippen LogP contribution in [0.2, 0.25) is 0 Å². The number of nitrogens with two attached hydrogens (primary N) is 1. The first-order valence-electron chi connectivity index (χ1n) is 6.64. The van der Waals surface area contributed by atoms with Crippen LogP contribution < -0.4 is 5.73 Å². The molecule has 0 saturated heterocycles. The second-order valence-electron chi connectivity index (χ2n) is 4.86. The summed E-state index contributed by atoms with van der Waals surface area (Å²) in [6, 6.07) is 7.96. The number of carbonyl (C=O) groups excluding carboxylic acids is 1. The van der Waals surface area contributed by atoms with Gasteiger partial charge in [0.05, 0.1) is 17.7 Å². The molecule has 2 rings (SSSR count). The summed E-state index contributed by atoms with van der Waals surface area (Å²) in [6.45, 7) is 4.69. The second kappa shape index (κ2) is 6.46. The number of amides is 1. The Labute approximate surface area is 136 Å². The lowest BCUT2D eigenvalue weighted by Crippen LogP contribution is -2.34. The van der Waals surface area contributed by atoms with Gasteiger partial charge in [0.2, 0.25) is 0 Å². The Balaban J connectivity index is 2.38. The van der Waals surface area contributed by atoms with Crippen LogP contribution in [-0.2, 0) is 0 Å². The maximum absolute atomic E-state index is 12.6. The van der Waals surface area contributed by atoms with Gasteiger partial charge in [0.1, 0.15) is 4.88 Å². The normalized spacial score (nSPS) is 12.1. The number of nitrogens with zero attached hydrogens (tertiary/aromatic N) is 2. The number of nitrogen functional groups attached to an aromatic ring is 1. The van der Waals surface area contributed by atoms with Crippen LogP contribution in [0.3, 0.4) is 0 Å². The number of fused-ring (bicyclic) bond motifs is 1. The van der Waals surface area contributed by atoms with E-state index in [1.807, 2.05) is 25.1 Å². The van der Waals surface area contributed by atoms with E-state index in [0.29, 0.717) is 23.7 Å². The van der Waals surface area contributed by atoms with E-state index in [1.165, 1.54) is 11.3 Å². The molecule has 0 bridgehead atoms. The molecular weight excluding hydrogens is 350 g/mol. The molecule has 21 heavy (non-hydrogen) atoms. The van der Waals surface area contributed by atoms with Crippen LogP contribution in [0.4, 0.5) is 5.69 Å². The second-order valence-corrected chi connectivity index (χ2v) is 6.83. The van der Waals surface area contributed by atoms with Gasteiger partial charge in [-0.2, -0.15) is 5.26 Å². The van der Waals surface area contributed by atoms with Gasteiger partial charge in [0, 0.05) is 27.6 Å². The Hall–Kier alpha value is -1.58. The van der Waals surface area contributed by atoms with E-state index in [-0.39, 0.29) is 11.8 Å². The lowest BCUT2D eigenvalue weighted by atomic mass is 10.2. The largest absolute Gasteiger partial charge is 0.397 e. The summed E-state index contributed by atoms with van der Waals surface area (Å²) < 4.78 is 1.92. The van der Waals surface area contributed by atoms with Gasteiger partial charge in [-0.15, -0.1) is 11.3 Å². The Bertz CT molecular complexity index is 720. The van der Waals surface area contributed by atoms with Gasteiger partial charge in [-0.3, -0.25) is 4.79 Å². The van der Waals surface area contributed by atoms with Crippen LogP contribution in [0, 0.1) is 17.2 Å².